The van der Waals surface area contributed by atoms with Gasteiger partial charge in [-0.25, -0.2) is 0 Å². The van der Waals surface area contributed by atoms with E-state index in [1.54, 1.807) is 0 Å². The standard InChI is InChI=1S/C21H24N2O2/c1-4-25-17-11-9-16(10-12-17)13-21(24)22-14-19-15(2)23(3)20-8-6-5-7-18(19)20/h5-12H,4,13-14H2,1-3H3,(H,22,24). The van der Waals surface area contributed by atoms with Crippen LogP contribution in [0.25, 0.3) is 10.9 Å². The number of carbonyl (C=O) groups is 1. The topological polar surface area (TPSA) is 43.3 Å². The first kappa shape index (κ1) is 17.1. The van der Waals surface area contributed by atoms with Gasteiger partial charge in [-0.1, -0.05) is 30.3 Å². The molecule has 1 heterocycles. The molecule has 0 atom stereocenters. The maximum absolute atomic E-state index is 12.3. The van der Waals surface area contributed by atoms with Crippen LogP contribution in [0.1, 0.15) is 23.7 Å². The molecule has 0 bridgehead atoms. The van der Waals surface area contributed by atoms with Crippen LogP contribution >= 0.6 is 0 Å². The fourth-order valence-corrected chi connectivity index (χ4v) is 3.13. The minimum absolute atomic E-state index is 0.0245. The molecule has 4 nitrogen and oxygen atoms in total. The highest BCUT2D eigenvalue weighted by Gasteiger charge is 2.12. The van der Waals surface area contributed by atoms with E-state index in [-0.39, 0.29) is 5.91 Å². The number of fused-ring (bicyclic) bond motifs is 1. The van der Waals surface area contributed by atoms with E-state index in [9.17, 15) is 4.79 Å². The van der Waals surface area contributed by atoms with E-state index >= 15 is 0 Å². The lowest BCUT2D eigenvalue weighted by atomic mass is 10.1. The summed E-state index contributed by atoms with van der Waals surface area (Å²) in [6, 6.07) is 16.0. The van der Waals surface area contributed by atoms with Gasteiger partial charge in [0, 0.05) is 30.2 Å². The minimum atomic E-state index is 0.0245. The molecular formula is C21H24N2O2. The zero-order valence-electron chi connectivity index (χ0n) is 15.0. The van der Waals surface area contributed by atoms with Crippen LogP contribution in [0.15, 0.2) is 48.5 Å². The third-order valence-corrected chi connectivity index (χ3v) is 4.59. The van der Waals surface area contributed by atoms with Crippen molar-refractivity contribution in [1.29, 1.82) is 0 Å². The summed E-state index contributed by atoms with van der Waals surface area (Å²) in [7, 11) is 2.06. The summed E-state index contributed by atoms with van der Waals surface area (Å²) in [5.74, 6) is 0.856. The molecule has 0 fully saturated rings. The van der Waals surface area contributed by atoms with Crippen molar-refractivity contribution in [2.24, 2.45) is 7.05 Å². The molecule has 3 aromatic rings. The third kappa shape index (κ3) is 3.68. The number of hydrogen-bond acceptors (Lipinski definition) is 2. The Labute approximate surface area is 148 Å². The van der Waals surface area contributed by atoms with Gasteiger partial charge in [0.1, 0.15) is 5.75 Å². The lowest BCUT2D eigenvalue weighted by molar-refractivity contribution is -0.120. The van der Waals surface area contributed by atoms with Crippen LogP contribution in [0.4, 0.5) is 0 Å². The molecule has 4 heteroatoms. The van der Waals surface area contributed by atoms with Crippen molar-refractivity contribution in [2.45, 2.75) is 26.8 Å². The number of amides is 1. The molecular weight excluding hydrogens is 312 g/mol. The number of aryl methyl sites for hydroxylation is 1. The zero-order chi connectivity index (χ0) is 17.8. The molecule has 0 saturated heterocycles. The molecule has 0 spiro atoms. The number of hydrogen-bond donors (Lipinski definition) is 1. The molecule has 1 aromatic heterocycles. The predicted octanol–water partition coefficient (Wildman–Crippen LogP) is 3.74. The number of para-hydroxylation sites is 1. The average Bonchev–Trinajstić information content (AvgIpc) is 2.86. The number of benzene rings is 2. The van der Waals surface area contributed by atoms with Crippen LogP contribution in [-0.4, -0.2) is 17.1 Å². The van der Waals surface area contributed by atoms with Crippen LogP contribution in [-0.2, 0) is 24.8 Å². The van der Waals surface area contributed by atoms with Crippen molar-refractivity contribution in [1.82, 2.24) is 9.88 Å². The highest BCUT2D eigenvalue weighted by atomic mass is 16.5. The van der Waals surface area contributed by atoms with Gasteiger partial charge < -0.3 is 14.6 Å². The molecule has 25 heavy (non-hydrogen) atoms. The second-order valence-electron chi connectivity index (χ2n) is 6.17. The number of aromatic nitrogens is 1. The fraction of sp³-hybridized carbons (Fsp3) is 0.286. The van der Waals surface area contributed by atoms with Gasteiger partial charge in [0.15, 0.2) is 0 Å². The normalized spacial score (nSPS) is 10.8. The molecule has 0 radical (unpaired) electrons. The lowest BCUT2D eigenvalue weighted by Gasteiger charge is -2.07. The van der Waals surface area contributed by atoms with Gasteiger partial charge in [0.25, 0.3) is 0 Å². The van der Waals surface area contributed by atoms with Crippen LogP contribution < -0.4 is 10.1 Å². The van der Waals surface area contributed by atoms with Crippen molar-refractivity contribution >= 4 is 16.8 Å². The molecule has 0 aliphatic rings. The predicted molar refractivity (Wildman–Crippen MR) is 101 cm³/mol. The molecule has 0 aliphatic heterocycles. The summed E-state index contributed by atoms with van der Waals surface area (Å²) < 4.78 is 7.59. The van der Waals surface area contributed by atoms with E-state index in [0.717, 1.165) is 11.3 Å². The van der Waals surface area contributed by atoms with E-state index in [4.69, 9.17) is 4.74 Å². The Kier molecular flexibility index (Phi) is 5.08. The maximum Gasteiger partial charge on any atom is 0.224 e. The van der Waals surface area contributed by atoms with Gasteiger partial charge in [-0.2, -0.15) is 0 Å². The number of nitrogens with zero attached hydrogens (tertiary/aromatic N) is 1. The van der Waals surface area contributed by atoms with Crippen LogP contribution in [0, 0.1) is 6.92 Å². The Morgan fingerprint density at radius 3 is 2.56 bits per heavy atom. The maximum atomic E-state index is 12.3. The van der Waals surface area contributed by atoms with E-state index in [1.807, 2.05) is 43.3 Å². The highest BCUT2D eigenvalue weighted by Crippen LogP contribution is 2.24. The minimum Gasteiger partial charge on any atom is -0.494 e. The molecule has 130 valence electrons. The lowest BCUT2D eigenvalue weighted by Crippen LogP contribution is -2.24. The Balaban J connectivity index is 1.66. The first-order valence-corrected chi connectivity index (χ1v) is 8.61. The third-order valence-electron chi connectivity index (χ3n) is 4.59. The van der Waals surface area contributed by atoms with Gasteiger partial charge in [0.05, 0.1) is 13.0 Å². The van der Waals surface area contributed by atoms with E-state index in [2.05, 4.69) is 36.0 Å². The van der Waals surface area contributed by atoms with Gasteiger partial charge in [0.2, 0.25) is 5.91 Å². The SMILES string of the molecule is CCOc1ccc(CC(=O)NCc2c(C)n(C)c3ccccc23)cc1. The van der Waals surface area contributed by atoms with Crippen LogP contribution in [0.3, 0.4) is 0 Å². The van der Waals surface area contributed by atoms with Crippen molar-refractivity contribution in [3.63, 3.8) is 0 Å². The first-order chi connectivity index (χ1) is 12.1. The Morgan fingerprint density at radius 2 is 1.84 bits per heavy atom. The smallest absolute Gasteiger partial charge is 0.224 e. The van der Waals surface area contributed by atoms with Gasteiger partial charge >= 0.3 is 0 Å². The van der Waals surface area contributed by atoms with Gasteiger partial charge in [-0.3, -0.25) is 4.79 Å². The van der Waals surface area contributed by atoms with Crippen molar-refractivity contribution in [3.05, 3.63) is 65.4 Å². The first-order valence-electron chi connectivity index (χ1n) is 8.61. The number of carbonyl (C=O) groups excluding carboxylic acids is 1. The van der Waals surface area contributed by atoms with Gasteiger partial charge in [-0.05, 0) is 43.2 Å². The van der Waals surface area contributed by atoms with Crippen molar-refractivity contribution in [3.8, 4) is 5.75 Å². The Morgan fingerprint density at radius 1 is 1.12 bits per heavy atom. The summed E-state index contributed by atoms with van der Waals surface area (Å²) in [6.45, 7) is 5.23. The van der Waals surface area contributed by atoms with Crippen LogP contribution in [0.2, 0.25) is 0 Å². The highest BCUT2D eigenvalue weighted by molar-refractivity contribution is 5.86. The van der Waals surface area contributed by atoms with E-state index < -0.39 is 0 Å². The summed E-state index contributed by atoms with van der Waals surface area (Å²) in [5, 5.41) is 4.25. The van der Waals surface area contributed by atoms with E-state index in [1.165, 1.54) is 22.2 Å². The summed E-state index contributed by atoms with van der Waals surface area (Å²) >= 11 is 0. The second kappa shape index (κ2) is 7.43. The summed E-state index contributed by atoms with van der Waals surface area (Å²) in [4.78, 5) is 12.3. The average molecular weight is 336 g/mol. The number of rotatable bonds is 6. The van der Waals surface area contributed by atoms with E-state index in [0.29, 0.717) is 19.6 Å². The summed E-state index contributed by atoms with van der Waals surface area (Å²) in [5.41, 5.74) is 4.53. The van der Waals surface area contributed by atoms with Crippen molar-refractivity contribution < 1.29 is 9.53 Å². The quantitative estimate of drug-likeness (QED) is 0.745. The molecule has 0 saturated carbocycles. The van der Waals surface area contributed by atoms with Crippen molar-refractivity contribution in [2.75, 3.05) is 6.61 Å². The monoisotopic (exact) mass is 336 g/mol. The summed E-state index contributed by atoms with van der Waals surface area (Å²) in [6.07, 6.45) is 0.371. The number of ether oxygens (including phenoxy) is 1. The molecule has 3 rings (SSSR count). The zero-order valence-corrected chi connectivity index (χ0v) is 15.0. The fourth-order valence-electron chi connectivity index (χ4n) is 3.13. The largest absolute Gasteiger partial charge is 0.494 e. The van der Waals surface area contributed by atoms with Crippen LogP contribution in [0.5, 0.6) is 5.75 Å². The second-order valence-corrected chi connectivity index (χ2v) is 6.17. The molecule has 1 amide bonds. The molecule has 0 unspecified atom stereocenters. The molecule has 1 N–H and O–H groups in total. The molecule has 2 aromatic carbocycles. The number of nitrogens with one attached hydrogen (secondary N) is 1. The molecule has 0 aliphatic carbocycles. The Bertz CT molecular complexity index is 879. The Hall–Kier alpha value is -2.75. The van der Waals surface area contributed by atoms with Gasteiger partial charge in [-0.15, -0.1) is 0 Å².